The summed E-state index contributed by atoms with van der Waals surface area (Å²) in [5, 5.41) is 2.88. The molecule has 0 unspecified atom stereocenters. The van der Waals surface area contributed by atoms with Crippen molar-refractivity contribution in [3.63, 3.8) is 0 Å². The first-order chi connectivity index (χ1) is 8.41. The molecular formula is C14H23N3O. The van der Waals surface area contributed by atoms with E-state index in [9.17, 15) is 4.79 Å². The number of rotatable bonds is 5. The van der Waals surface area contributed by atoms with Gasteiger partial charge in [-0.15, -0.1) is 0 Å². The van der Waals surface area contributed by atoms with Gasteiger partial charge in [-0.05, 0) is 45.5 Å². The predicted molar refractivity (Wildman–Crippen MR) is 75.7 cm³/mol. The van der Waals surface area contributed by atoms with Crippen LogP contribution in [0.25, 0.3) is 0 Å². The molecule has 0 aromatic heterocycles. The number of anilines is 1. The van der Waals surface area contributed by atoms with Gasteiger partial charge in [0.15, 0.2) is 0 Å². The van der Waals surface area contributed by atoms with Crippen LogP contribution in [0.2, 0.25) is 0 Å². The van der Waals surface area contributed by atoms with Crippen LogP contribution in [0.5, 0.6) is 0 Å². The molecule has 0 saturated heterocycles. The number of amides is 1. The standard InChI is InChI=1S/C14H23N3O/c1-10(2)17(4)8-7-16-14(18)12-6-5-11(3)9-13(12)15/h5-6,9-10H,7-8,15H2,1-4H3,(H,16,18). The molecular weight excluding hydrogens is 226 g/mol. The number of hydrogen-bond acceptors (Lipinski definition) is 3. The van der Waals surface area contributed by atoms with Gasteiger partial charge in [0.1, 0.15) is 0 Å². The first kappa shape index (κ1) is 14.5. The smallest absolute Gasteiger partial charge is 0.253 e. The van der Waals surface area contributed by atoms with Crippen molar-refractivity contribution < 1.29 is 4.79 Å². The molecule has 0 spiro atoms. The monoisotopic (exact) mass is 249 g/mol. The van der Waals surface area contributed by atoms with Gasteiger partial charge in [-0.1, -0.05) is 6.07 Å². The van der Waals surface area contributed by atoms with Crippen LogP contribution in [0.3, 0.4) is 0 Å². The fourth-order valence-electron chi connectivity index (χ4n) is 1.59. The largest absolute Gasteiger partial charge is 0.398 e. The predicted octanol–water partition coefficient (Wildman–Crippen LogP) is 1.65. The molecule has 1 aromatic rings. The van der Waals surface area contributed by atoms with Crippen molar-refractivity contribution in [3.8, 4) is 0 Å². The third-order valence-corrected chi connectivity index (χ3v) is 3.08. The van der Waals surface area contributed by atoms with E-state index in [2.05, 4.69) is 24.1 Å². The Morgan fingerprint density at radius 1 is 1.44 bits per heavy atom. The molecule has 4 nitrogen and oxygen atoms in total. The van der Waals surface area contributed by atoms with Crippen LogP contribution in [-0.2, 0) is 0 Å². The molecule has 3 N–H and O–H groups in total. The molecule has 0 saturated carbocycles. The molecule has 0 radical (unpaired) electrons. The number of nitrogens with two attached hydrogens (primary N) is 1. The number of nitrogens with one attached hydrogen (secondary N) is 1. The molecule has 100 valence electrons. The summed E-state index contributed by atoms with van der Waals surface area (Å²) in [6.07, 6.45) is 0. The lowest BCUT2D eigenvalue weighted by Crippen LogP contribution is -2.36. The Balaban J connectivity index is 2.51. The van der Waals surface area contributed by atoms with Crippen LogP contribution in [0.15, 0.2) is 18.2 Å². The number of carbonyl (C=O) groups is 1. The van der Waals surface area contributed by atoms with E-state index in [4.69, 9.17) is 5.73 Å². The zero-order valence-corrected chi connectivity index (χ0v) is 11.7. The molecule has 0 atom stereocenters. The van der Waals surface area contributed by atoms with Crippen molar-refractivity contribution in [2.45, 2.75) is 26.8 Å². The molecule has 1 aromatic carbocycles. The first-order valence-corrected chi connectivity index (χ1v) is 6.26. The minimum Gasteiger partial charge on any atom is -0.398 e. The number of nitrogen functional groups attached to an aromatic ring is 1. The molecule has 0 aliphatic carbocycles. The molecule has 0 aliphatic heterocycles. The summed E-state index contributed by atoms with van der Waals surface area (Å²) in [4.78, 5) is 14.1. The second kappa shape index (κ2) is 6.40. The molecule has 4 heteroatoms. The van der Waals surface area contributed by atoms with Crippen LogP contribution >= 0.6 is 0 Å². The second-order valence-electron chi connectivity index (χ2n) is 4.92. The van der Waals surface area contributed by atoms with E-state index in [-0.39, 0.29) is 5.91 Å². The second-order valence-corrected chi connectivity index (χ2v) is 4.92. The normalized spacial score (nSPS) is 11.0. The van der Waals surface area contributed by atoms with Crippen molar-refractivity contribution in [3.05, 3.63) is 29.3 Å². The average molecular weight is 249 g/mol. The van der Waals surface area contributed by atoms with E-state index in [1.807, 2.05) is 26.1 Å². The summed E-state index contributed by atoms with van der Waals surface area (Å²) >= 11 is 0. The molecule has 0 bridgehead atoms. The summed E-state index contributed by atoms with van der Waals surface area (Å²) in [6.45, 7) is 7.66. The van der Waals surface area contributed by atoms with Gasteiger partial charge in [-0.3, -0.25) is 4.79 Å². The van der Waals surface area contributed by atoms with Crippen molar-refractivity contribution in [2.75, 3.05) is 25.9 Å². The molecule has 0 heterocycles. The van der Waals surface area contributed by atoms with Crippen LogP contribution in [0, 0.1) is 6.92 Å². The Labute approximate surface area is 109 Å². The van der Waals surface area contributed by atoms with E-state index < -0.39 is 0 Å². The van der Waals surface area contributed by atoms with Gasteiger partial charge in [0.2, 0.25) is 0 Å². The number of nitrogens with zero attached hydrogens (tertiary/aromatic N) is 1. The summed E-state index contributed by atoms with van der Waals surface area (Å²) < 4.78 is 0. The van der Waals surface area contributed by atoms with Gasteiger partial charge in [-0.25, -0.2) is 0 Å². The summed E-state index contributed by atoms with van der Waals surface area (Å²) in [5.41, 5.74) is 7.97. The lowest BCUT2D eigenvalue weighted by molar-refractivity contribution is 0.0949. The lowest BCUT2D eigenvalue weighted by Gasteiger charge is -2.21. The molecule has 0 fully saturated rings. The van der Waals surface area contributed by atoms with E-state index >= 15 is 0 Å². The Bertz CT molecular complexity index is 416. The first-order valence-electron chi connectivity index (χ1n) is 6.26. The lowest BCUT2D eigenvalue weighted by atomic mass is 10.1. The summed E-state index contributed by atoms with van der Waals surface area (Å²) in [6, 6.07) is 5.96. The number of likely N-dealkylation sites (N-methyl/N-ethyl adjacent to an activating group) is 1. The number of hydrogen-bond donors (Lipinski definition) is 2. The van der Waals surface area contributed by atoms with Gasteiger partial charge < -0.3 is 16.0 Å². The van der Waals surface area contributed by atoms with Gasteiger partial charge in [0.05, 0.1) is 5.56 Å². The number of benzene rings is 1. The van der Waals surface area contributed by atoms with Crippen LogP contribution in [-0.4, -0.2) is 37.0 Å². The zero-order chi connectivity index (χ0) is 13.7. The van der Waals surface area contributed by atoms with E-state index in [0.29, 0.717) is 23.8 Å². The van der Waals surface area contributed by atoms with E-state index in [1.54, 1.807) is 6.07 Å². The van der Waals surface area contributed by atoms with Gasteiger partial charge in [0, 0.05) is 24.8 Å². The number of carbonyl (C=O) groups excluding carboxylic acids is 1. The van der Waals surface area contributed by atoms with Crippen LogP contribution in [0.1, 0.15) is 29.8 Å². The average Bonchev–Trinajstić information content (AvgIpc) is 2.28. The highest BCUT2D eigenvalue weighted by Gasteiger charge is 2.09. The maximum atomic E-state index is 11.9. The Hall–Kier alpha value is -1.55. The number of aryl methyl sites for hydroxylation is 1. The van der Waals surface area contributed by atoms with Crippen LogP contribution in [0.4, 0.5) is 5.69 Å². The van der Waals surface area contributed by atoms with E-state index in [0.717, 1.165) is 12.1 Å². The van der Waals surface area contributed by atoms with Crippen molar-refractivity contribution in [1.29, 1.82) is 0 Å². The highest BCUT2D eigenvalue weighted by Crippen LogP contribution is 2.13. The maximum absolute atomic E-state index is 11.9. The van der Waals surface area contributed by atoms with Crippen molar-refractivity contribution in [2.24, 2.45) is 0 Å². The summed E-state index contributed by atoms with van der Waals surface area (Å²) in [5.74, 6) is -0.107. The molecule has 1 amide bonds. The van der Waals surface area contributed by atoms with Crippen LogP contribution < -0.4 is 11.1 Å². The van der Waals surface area contributed by atoms with Crippen molar-refractivity contribution in [1.82, 2.24) is 10.2 Å². The molecule has 1 rings (SSSR count). The fraction of sp³-hybridized carbons (Fsp3) is 0.500. The van der Waals surface area contributed by atoms with Gasteiger partial charge in [0.25, 0.3) is 5.91 Å². The van der Waals surface area contributed by atoms with Crippen molar-refractivity contribution >= 4 is 11.6 Å². The zero-order valence-electron chi connectivity index (χ0n) is 11.7. The molecule has 18 heavy (non-hydrogen) atoms. The maximum Gasteiger partial charge on any atom is 0.253 e. The fourth-order valence-corrected chi connectivity index (χ4v) is 1.59. The SMILES string of the molecule is Cc1ccc(C(=O)NCCN(C)C(C)C)c(N)c1. The highest BCUT2D eigenvalue weighted by molar-refractivity contribution is 5.99. The molecule has 0 aliphatic rings. The highest BCUT2D eigenvalue weighted by atomic mass is 16.1. The third-order valence-electron chi connectivity index (χ3n) is 3.08. The Morgan fingerprint density at radius 2 is 2.11 bits per heavy atom. The quantitative estimate of drug-likeness (QED) is 0.780. The minimum atomic E-state index is -0.107. The Morgan fingerprint density at radius 3 is 2.67 bits per heavy atom. The third kappa shape index (κ3) is 4.04. The topological polar surface area (TPSA) is 58.4 Å². The van der Waals surface area contributed by atoms with E-state index in [1.165, 1.54) is 0 Å². The van der Waals surface area contributed by atoms with Gasteiger partial charge in [-0.2, -0.15) is 0 Å². The van der Waals surface area contributed by atoms with Gasteiger partial charge >= 0.3 is 0 Å². The Kier molecular flexibility index (Phi) is 5.16. The minimum absolute atomic E-state index is 0.107. The summed E-state index contributed by atoms with van der Waals surface area (Å²) in [7, 11) is 2.04.